The summed E-state index contributed by atoms with van der Waals surface area (Å²) in [5.41, 5.74) is 16.3. The zero-order valence-electron chi connectivity index (χ0n) is 14.8. The van der Waals surface area contributed by atoms with Crippen LogP contribution in [0.5, 0.6) is 0 Å². The first-order valence-electron chi connectivity index (χ1n) is 8.13. The minimum atomic E-state index is -0.840. The van der Waals surface area contributed by atoms with Crippen molar-refractivity contribution < 1.29 is 14.3 Å². The van der Waals surface area contributed by atoms with Crippen molar-refractivity contribution in [3.05, 3.63) is 0 Å². The van der Waals surface area contributed by atoms with Crippen LogP contribution in [-0.4, -0.2) is 30.5 Å². The fraction of sp³-hybridized carbons (Fsp3) is 0.812. The number of esters is 2. The van der Waals surface area contributed by atoms with E-state index in [1.54, 1.807) is 0 Å². The molecule has 0 aromatic rings. The van der Waals surface area contributed by atoms with Gasteiger partial charge in [0.15, 0.2) is 5.96 Å². The Hall–Kier alpha value is -1.63. The monoisotopic (exact) mass is 328 g/mol. The lowest BCUT2D eigenvalue weighted by atomic mass is 9.86. The molecule has 7 heteroatoms. The van der Waals surface area contributed by atoms with Crippen molar-refractivity contribution in [3.63, 3.8) is 0 Å². The molecule has 7 nitrogen and oxygen atoms in total. The molecule has 23 heavy (non-hydrogen) atoms. The Morgan fingerprint density at radius 1 is 1.13 bits per heavy atom. The van der Waals surface area contributed by atoms with Crippen molar-refractivity contribution in [2.24, 2.45) is 33.5 Å². The van der Waals surface area contributed by atoms with E-state index in [0.29, 0.717) is 32.2 Å². The van der Waals surface area contributed by atoms with Crippen molar-refractivity contribution in [1.29, 1.82) is 0 Å². The highest BCUT2D eigenvalue weighted by atomic mass is 16.6. The fourth-order valence-electron chi connectivity index (χ4n) is 1.99. The lowest BCUT2D eigenvalue weighted by Crippen LogP contribution is -2.35. The molecule has 0 spiro atoms. The van der Waals surface area contributed by atoms with E-state index < -0.39 is 18.0 Å². The number of carbonyl (C=O) groups is 2. The number of hydrogen-bond donors (Lipinski definition) is 3. The van der Waals surface area contributed by atoms with Gasteiger partial charge in [0, 0.05) is 6.54 Å². The van der Waals surface area contributed by atoms with Crippen molar-refractivity contribution in [1.82, 2.24) is 0 Å². The third kappa shape index (κ3) is 10.7. The third-order valence-electron chi connectivity index (χ3n) is 3.54. The molecule has 0 aliphatic rings. The summed E-state index contributed by atoms with van der Waals surface area (Å²) in [6, 6.07) is -0.840. The maximum Gasteiger partial charge on any atom is 0.330 e. The number of nitrogens with two attached hydrogens (primary N) is 3. The summed E-state index contributed by atoms with van der Waals surface area (Å²) in [4.78, 5) is 27.7. The standard InChI is InChI=1S/C16H32N4O3/c1-5-11(8-9-16(2,3)4)13(21)23-14(22)12(17)7-6-10-20-15(18)19/h11-12H,5-10,17H2,1-4H3,(H4,18,19,20). The Morgan fingerprint density at radius 3 is 2.22 bits per heavy atom. The Kier molecular flexibility index (Phi) is 9.48. The van der Waals surface area contributed by atoms with Crippen LogP contribution in [0.4, 0.5) is 0 Å². The first-order valence-corrected chi connectivity index (χ1v) is 8.13. The van der Waals surface area contributed by atoms with E-state index in [1.165, 1.54) is 0 Å². The van der Waals surface area contributed by atoms with E-state index in [1.807, 2.05) is 6.92 Å². The van der Waals surface area contributed by atoms with Crippen LogP contribution in [0.1, 0.15) is 59.8 Å². The molecule has 0 rings (SSSR count). The molecule has 2 unspecified atom stereocenters. The highest BCUT2D eigenvalue weighted by Gasteiger charge is 2.25. The van der Waals surface area contributed by atoms with Gasteiger partial charge in [-0.15, -0.1) is 0 Å². The molecule has 0 aliphatic heterocycles. The van der Waals surface area contributed by atoms with Crippen LogP contribution >= 0.6 is 0 Å². The maximum absolute atomic E-state index is 12.1. The Labute approximate surface area is 139 Å². The number of hydrogen-bond acceptors (Lipinski definition) is 5. The normalized spacial score (nSPS) is 14.0. The molecular formula is C16H32N4O3. The van der Waals surface area contributed by atoms with Crippen LogP contribution in [0.2, 0.25) is 0 Å². The molecule has 0 fully saturated rings. The molecule has 6 N–H and O–H groups in total. The van der Waals surface area contributed by atoms with E-state index in [2.05, 4.69) is 25.8 Å². The van der Waals surface area contributed by atoms with Gasteiger partial charge in [-0.2, -0.15) is 0 Å². The zero-order valence-corrected chi connectivity index (χ0v) is 14.8. The van der Waals surface area contributed by atoms with Gasteiger partial charge in [0.05, 0.1) is 5.92 Å². The molecular weight excluding hydrogens is 296 g/mol. The van der Waals surface area contributed by atoms with Gasteiger partial charge in [-0.25, -0.2) is 4.79 Å². The second kappa shape index (κ2) is 10.2. The summed E-state index contributed by atoms with van der Waals surface area (Å²) in [6.07, 6.45) is 3.14. The topological polar surface area (TPSA) is 134 Å². The molecule has 0 aromatic carbocycles. The van der Waals surface area contributed by atoms with Crippen LogP contribution in [0.3, 0.4) is 0 Å². The molecule has 0 saturated heterocycles. The first-order chi connectivity index (χ1) is 10.6. The highest BCUT2D eigenvalue weighted by molar-refractivity contribution is 5.89. The zero-order chi connectivity index (χ0) is 18.0. The third-order valence-corrected chi connectivity index (χ3v) is 3.54. The van der Waals surface area contributed by atoms with Crippen LogP contribution in [0, 0.1) is 11.3 Å². The average Bonchev–Trinajstić information content (AvgIpc) is 2.42. The molecule has 2 atom stereocenters. The van der Waals surface area contributed by atoms with Crippen LogP contribution < -0.4 is 17.2 Å². The van der Waals surface area contributed by atoms with E-state index in [9.17, 15) is 9.59 Å². The summed E-state index contributed by atoms with van der Waals surface area (Å²) >= 11 is 0. The van der Waals surface area contributed by atoms with Gasteiger partial charge >= 0.3 is 11.9 Å². The van der Waals surface area contributed by atoms with Gasteiger partial charge in [0.1, 0.15) is 6.04 Å². The number of aliphatic imine (C=N–C) groups is 1. The predicted molar refractivity (Wildman–Crippen MR) is 91.5 cm³/mol. The Balaban J connectivity index is 4.28. The largest absolute Gasteiger partial charge is 0.392 e. The molecule has 0 saturated carbocycles. The van der Waals surface area contributed by atoms with Crippen molar-refractivity contribution in [3.8, 4) is 0 Å². The van der Waals surface area contributed by atoms with Gasteiger partial charge < -0.3 is 21.9 Å². The lowest BCUT2D eigenvalue weighted by Gasteiger charge is -2.21. The van der Waals surface area contributed by atoms with Crippen molar-refractivity contribution in [2.45, 2.75) is 65.8 Å². The number of ether oxygens (including phenoxy) is 1. The van der Waals surface area contributed by atoms with Crippen molar-refractivity contribution in [2.75, 3.05) is 6.54 Å². The molecule has 0 amide bonds. The van der Waals surface area contributed by atoms with Crippen LogP contribution in [-0.2, 0) is 14.3 Å². The average molecular weight is 328 g/mol. The lowest BCUT2D eigenvalue weighted by molar-refractivity contribution is -0.164. The summed E-state index contributed by atoms with van der Waals surface area (Å²) in [5.74, 6) is -1.44. The van der Waals surface area contributed by atoms with Crippen LogP contribution in [0.25, 0.3) is 0 Å². The minimum absolute atomic E-state index is 0.000890. The summed E-state index contributed by atoms with van der Waals surface area (Å²) in [6.45, 7) is 8.64. The summed E-state index contributed by atoms with van der Waals surface area (Å²) < 4.78 is 4.92. The summed E-state index contributed by atoms with van der Waals surface area (Å²) in [5, 5.41) is 0. The molecule has 0 aromatic heterocycles. The van der Waals surface area contributed by atoms with E-state index in [0.717, 1.165) is 6.42 Å². The van der Waals surface area contributed by atoms with Crippen molar-refractivity contribution >= 4 is 17.9 Å². The molecule has 0 radical (unpaired) electrons. The fourth-order valence-corrected chi connectivity index (χ4v) is 1.99. The Morgan fingerprint density at radius 2 is 1.74 bits per heavy atom. The number of guanidine groups is 1. The van der Waals surface area contributed by atoms with E-state index >= 15 is 0 Å². The molecule has 134 valence electrons. The Bertz CT molecular complexity index is 412. The quantitative estimate of drug-likeness (QED) is 0.192. The van der Waals surface area contributed by atoms with Gasteiger partial charge in [-0.1, -0.05) is 27.7 Å². The van der Waals surface area contributed by atoms with Gasteiger partial charge in [-0.3, -0.25) is 9.79 Å². The molecule has 0 aliphatic carbocycles. The number of carbonyl (C=O) groups excluding carboxylic acids is 2. The van der Waals surface area contributed by atoms with E-state index in [-0.39, 0.29) is 17.3 Å². The second-order valence-corrected chi connectivity index (χ2v) is 7.00. The maximum atomic E-state index is 12.1. The number of nitrogens with zero attached hydrogens (tertiary/aromatic N) is 1. The summed E-state index contributed by atoms with van der Waals surface area (Å²) in [7, 11) is 0. The first kappa shape index (κ1) is 21.4. The molecule has 0 heterocycles. The second-order valence-electron chi connectivity index (χ2n) is 7.00. The van der Waals surface area contributed by atoms with Gasteiger partial charge in [0.2, 0.25) is 0 Å². The SMILES string of the molecule is CCC(CCC(C)(C)C)C(=O)OC(=O)C(N)CCCN=C(N)N. The predicted octanol–water partition coefficient (Wildman–Crippen LogP) is 1.29. The molecule has 0 bridgehead atoms. The number of rotatable bonds is 9. The van der Waals surface area contributed by atoms with Gasteiger partial charge in [0.25, 0.3) is 0 Å². The van der Waals surface area contributed by atoms with E-state index in [4.69, 9.17) is 21.9 Å². The minimum Gasteiger partial charge on any atom is -0.392 e. The smallest absolute Gasteiger partial charge is 0.330 e. The van der Waals surface area contributed by atoms with Gasteiger partial charge in [-0.05, 0) is 37.5 Å². The van der Waals surface area contributed by atoms with Crippen LogP contribution in [0.15, 0.2) is 4.99 Å². The highest BCUT2D eigenvalue weighted by Crippen LogP contribution is 2.25.